The molecule has 0 aliphatic carbocycles. The van der Waals surface area contributed by atoms with Crippen molar-refractivity contribution in [3.8, 4) is 0 Å². The maximum atomic E-state index is 11.4. The monoisotopic (exact) mass is 307 g/mol. The van der Waals surface area contributed by atoms with E-state index in [1.54, 1.807) is 12.1 Å². The largest absolute Gasteiger partial charge is 0.374 e. The van der Waals surface area contributed by atoms with Gasteiger partial charge in [0.25, 0.3) is 5.69 Å². The minimum atomic E-state index is -0.477. The fourth-order valence-corrected chi connectivity index (χ4v) is 2.48. The number of rotatable bonds is 5. The Kier molecular flexibility index (Phi) is 5.10. The number of hydrogen-bond donors (Lipinski definition) is 1. The number of morpholine rings is 1. The van der Waals surface area contributed by atoms with E-state index in [4.69, 9.17) is 4.74 Å². The lowest BCUT2D eigenvalue weighted by molar-refractivity contribution is -0.384. The minimum absolute atomic E-state index is 0.0363. The van der Waals surface area contributed by atoms with Gasteiger partial charge in [0, 0.05) is 24.7 Å². The van der Waals surface area contributed by atoms with E-state index in [-0.39, 0.29) is 23.6 Å². The van der Waals surface area contributed by atoms with E-state index < -0.39 is 4.92 Å². The van der Waals surface area contributed by atoms with Crippen molar-refractivity contribution in [3.05, 3.63) is 33.9 Å². The summed E-state index contributed by atoms with van der Waals surface area (Å²) in [6, 6.07) is 4.41. The van der Waals surface area contributed by atoms with Crippen LogP contribution < -0.4 is 5.32 Å². The third-order valence-corrected chi connectivity index (χ3v) is 3.84. The van der Waals surface area contributed by atoms with Crippen LogP contribution in [0.25, 0.3) is 0 Å². The zero-order valence-corrected chi connectivity index (χ0v) is 13.0. The van der Waals surface area contributed by atoms with E-state index in [0.29, 0.717) is 17.9 Å². The van der Waals surface area contributed by atoms with Crippen LogP contribution in [0, 0.1) is 10.1 Å². The van der Waals surface area contributed by atoms with Gasteiger partial charge in [-0.3, -0.25) is 14.9 Å². The minimum Gasteiger partial charge on any atom is -0.374 e. The van der Waals surface area contributed by atoms with Crippen molar-refractivity contribution in [1.82, 2.24) is 4.90 Å². The number of nitro groups is 1. The van der Waals surface area contributed by atoms with Crippen molar-refractivity contribution >= 4 is 17.2 Å². The van der Waals surface area contributed by atoms with Gasteiger partial charge in [-0.1, -0.05) is 0 Å². The predicted octanol–water partition coefficient (Wildman–Crippen LogP) is 1.93. The number of nitro benzene ring substituents is 1. The number of benzene rings is 1. The van der Waals surface area contributed by atoms with E-state index in [0.717, 1.165) is 13.1 Å². The lowest BCUT2D eigenvalue weighted by Crippen LogP contribution is -2.47. The summed E-state index contributed by atoms with van der Waals surface area (Å²) in [7, 11) is 2.02. The fourth-order valence-electron chi connectivity index (χ4n) is 2.48. The number of ketones is 1. The Balaban J connectivity index is 2.17. The Morgan fingerprint density at radius 2 is 2.27 bits per heavy atom. The second-order valence-electron chi connectivity index (χ2n) is 5.65. The zero-order valence-electron chi connectivity index (χ0n) is 13.0. The summed E-state index contributed by atoms with van der Waals surface area (Å²) in [5.74, 6) is -0.195. The molecule has 0 saturated carbocycles. The van der Waals surface area contributed by atoms with Crippen molar-refractivity contribution in [2.24, 2.45) is 0 Å². The van der Waals surface area contributed by atoms with Gasteiger partial charge in [0.05, 0.1) is 23.7 Å². The van der Waals surface area contributed by atoms with Crippen LogP contribution in [0.2, 0.25) is 0 Å². The van der Waals surface area contributed by atoms with Crippen LogP contribution in [-0.4, -0.2) is 54.5 Å². The molecule has 1 aliphatic rings. The van der Waals surface area contributed by atoms with E-state index in [9.17, 15) is 14.9 Å². The quantitative estimate of drug-likeness (QED) is 0.508. The molecule has 0 spiro atoms. The normalized spacial score (nSPS) is 20.4. The van der Waals surface area contributed by atoms with Crippen LogP contribution >= 0.6 is 0 Å². The standard InChI is InChI=1S/C15H21N3O4/c1-10(15-9-17(3)6-7-22-15)16-13-5-4-12(11(2)19)8-14(13)18(20)21/h4-5,8,10,15-16H,6-7,9H2,1-3H3. The highest BCUT2D eigenvalue weighted by molar-refractivity contribution is 5.95. The number of carbonyl (C=O) groups is 1. The van der Waals surface area contributed by atoms with Crippen LogP contribution in [0.15, 0.2) is 18.2 Å². The Morgan fingerprint density at radius 3 is 2.86 bits per heavy atom. The van der Waals surface area contributed by atoms with Gasteiger partial charge < -0.3 is 15.0 Å². The molecule has 2 atom stereocenters. The molecule has 1 N–H and O–H groups in total. The molecule has 1 aliphatic heterocycles. The maximum absolute atomic E-state index is 11.4. The number of nitrogens with one attached hydrogen (secondary N) is 1. The number of carbonyl (C=O) groups excluding carboxylic acids is 1. The first-order chi connectivity index (χ1) is 10.4. The van der Waals surface area contributed by atoms with E-state index >= 15 is 0 Å². The van der Waals surface area contributed by atoms with Gasteiger partial charge in [-0.25, -0.2) is 0 Å². The number of Topliss-reactive ketones (excluding diaryl/α,β-unsaturated/α-hetero) is 1. The summed E-state index contributed by atoms with van der Waals surface area (Å²) in [5.41, 5.74) is 0.640. The highest BCUT2D eigenvalue weighted by Crippen LogP contribution is 2.27. The first-order valence-corrected chi connectivity index (χ1v) is 7.24. The van der Waals surface area contributed by atoms with Crippen molar-refractivity contribution < 1.29 is 14.5 Å². The van der Waals surface area contributed by atoms with Gasteiger partial charge in [0.1, 0.15) is 5.69 Å². The summed E-state index contributed by atoms with van der Waals surface area (Å²) >= 11 is 0. The van der Waals surface area contributed by atoms with E-state index in [2.05, 4.69) is 10.2 Å². The van der Waals surface area contributed by atoms with Crippen molar-refractivity contribution in [1.29, 1.82) is 0 Å². The Bertz CT molecular complexity index is 576. The summed E-state index contributed by atoms with van der Waals surface area (Å²) in [6.07, 6.45) is -0.0363. The van der Waals surface area contributed by atoms with Crippen molar-refractivity contribution in [2.45, 2.75) is 26.0 Å². The van der Waals surface area contributed by atoms with E-state index in [1.165, 1.54) is 13.0 Å². The van der Waals surface area contributed by atoms with Crippen LogP contribution in [-0.2, 0) is 4.74 Å². The molecule has 1 saturated heterocycles. The van der Waals surface area contributed by atoms with Gasteiger partial charge in [-0.15, -0.1) is 0 Å². The molecule has 1 aromatic rings. The molecule has 0 aromatic heterocycles. The molecule has 7 nitrogen and oxygen atoms in total. The molecule has 0 amide bonds. The Labute approximate surface area is 129 Å². The SMILES string of the molecule is CC(=O)c1ccc(NC(C)C2CN(C)CCO2)c([N+](=O)[O-])c1. The summed E-state index contributed by atoms with van der Waals surface area (Å²) in [6.45, 7) is 5.63. The first-order valence-electron chi connectivity index (χ1n) is 7.24. The lowest BCUT2D eigenvalue weighted by atomic mass is 10.1. The summed E-state index contributed by atoms with van der Waals surface area (Å²) in [4.78, 5) is 24.3. The number of anilines is 1. The van der Waals surface area contributed by atoms with Crippen LogP contribution in [0.3, 0.4) is 0 Å². The van der Waals surface area contributed by atoms with Gasteiger partial charge in [-0.2, -0.15) is 0 Å². The van der Waals surface area contributed by atoms with Crippen molar-refractivity contribution in [2.75, 3.05) is 32.1 Å². The van der Waals surface area contributed by atoms with Gasteiger partial charge in [0.15, 0.2) is 5.78 Å². The van der Waals surface area contributed by atoms with Gasteiger partial charge in [0.2, 0.25) is 0 Å². The number of likely N-dealkylation sites (N-methyl/N-ethyl adjacent to an activating group) is 1. The molecular formula is C15H21N3O4. The molecule has 1 aromatic carbocycles. The van der Waals surface area contributed by atoms with Crippen LogP contribution in [0.5, 0.6) is 0 Å². The van der Waals surface area contributed by atoms with Gasteiger partial charge in [-0.05, 0) is 33.0 Å². The Morgan fingerprint density at radius 1 is 1.55 bits per heavy atom. The molecule has 0 radical (unpaired) electrons. The first kappa shape index (κ1) is 16.4. The highest BCUT2D eigenvalue weighted by Gasteiger charge is 2.25. The summed E-state index contributed by atoms with van der Waals surface area (Å²) in [5, 5.41) is 14.4. The lowest BCUT2D eigenvalue weighted by Gasteiger charge is -2.34. The number of hydrogen-bond acceptors (Lipinski definition) is 6. The molecule has 2 unspecified atom stereocenters. The Hall–Kier alpha value is -1.99. The second-order valence-corrected chi connectivity index (χ2v) is 5.65. The molecule has 7 heteroatoms. The third-order valence-electron chi connectivity index (χ3n) is 3.84. The van der Waals surface area contributed by atoms with Crippen molar-refractivity contribution in [3.63, 3.8) is 0 Å². The molecule has 1 heterocycles. The fraction of sp³-hybridized carbons (Fsp3) is 0.533. The summed E-state index contributed by atoms with van der Waals surface area (Å²) < 4.78 is 5.72. The van der Waals surface area contributed by atoms with Crippen LogP contribution in [0.1, 0.15) is 24.2 Å². The number of nitrogens with zero attached hydrogens (tertiary/aromatic N) is 2. The molecule has 22 heavy (non-hydrogen) atoms. The topological polar surface area (TPSA) is 84.7 Å². The average molecular weight is 307 g/mol. The van der Waals surface area contributed by atoms with Gasteiger partial charge >= 0.3 is 0 Å². The molecule has 120 valence electrons. The van der Waals surface area contributed by atoms with E-state index in [1.807, 2.05) is 14.0 Å². The molecule has 1 fully saturated rings. The highest BCUT2D eigenvalue weighted by atomic mass is 16.6. The third kappa shape index (κ3) is 3.80. The smallest absolute Gasteiger partial charge is 0.293 e. The number of ether oxygens (including phenoxy) is 1. The molecular weight excluding hydrogens is 286 g/mol. The average Bonchev–Trinajstić information content (AvgIpc) is 2.47. The maximum Gasteiger partial charge on any atom is 0.293 e. The second kappa shape index (κ2) is 6.85. The molecule has 0 bridgehead atoms. The zero-order chi connectivity index (χ0) is 16.3. The molecule has 2 rings (SSSR count). The predicted molar refractivity (Wildman–Crippen MR) is 83.4 cm³/mol. The van der Waals surface area contributed by atoms with Crippen LogP contribution in [0.4, 0.5) is 11.4 Å².